The molecule has 1 aliphatic rings. The highest BCUT2D eigenvalue weighted by Gasteiger charge is 2.19. The largest absolute Gasteiger partial charge is 0.314 e. The Morgan fingerprint density at radius 1 is 1.31 bits per heavy atom. The van der Waals surface area contributed by atoms with Crippen LogP contribution in [0, 0.1) is 9.49 Å². The van der Waals surface area contributed by atoms with E-state index in [2.05, 4.69) is 59.1 Å². The first kappa shape index (κ1) is 12.4. The van der Waals surface area contributed by atoms with Crippen molar-refractivity contribution >= 4 is 22.6 Å². The summed E-state index contributed by atoms with van der Waals surface area (Å²) < 4.78 is 1.32. The zero-order valence-electron chi connectivity index (χ0n) is 9.88. The molecule has 1 saturated heterocycles. The molecule has 0 radical (unpaired) electrons. The number of hydrogen-bond acceptors (Lipinski definition) is 1. The Kier molecular flexibility index (Phi) is 4.65. The van der Waals surface area contributed by atoms with E-state index in [0.29, 0.717) is 6.04 Å². The van der Waals surface area contributed by atoms with E-state index in [-0.39, 0.29) is 0 Å². The predicted molar refractivity (Wildman–Crippen MR) is 77.7 cm³/mol. The van der Waals surface area contributed by atoms with Gasteiger partial charge in [-0.25, -0.2) is 0 Å². The molecule has 0 aromatic heterocycles. The predicted octanol–water partition coefficient (Wildman–Crippen LogP) is 3.61. The van der Waals surface area contributed by atoms with Crippen LogP contribution < -0.4 is 5.32 Å². The number of halogens is 1. The Balaban J connectivity index is 1.91. The normalized spacial score (nSPS) is 25.6. The highest BCUT2D eigenvalue weighted by atomic mass is 127. The van der Waals surface area contributed by atoms with E-state index in [1.54, 1.807) is 0 Å². The molecule has 1 heterocycles. The molecule has 1 aromatic carbocycles. The molecular weight excluding hydrogens is 309 g/mol. The molecule has 2 unspecified atom stereocenters. The molecule has 0 aliphatic carbocycles. The standard InChI is InChI=1S/C14H20IN/c1-2-11-7-8-16-14(9-11)10-12-3-5-13(15)6-4-12/h3-6,11,14,16H,2,7-10H2,1H3. The lowest BCUT2D eigenvalue weighted by molar-refractivity contribution is 0.294. The van der Waals surface area contributed by atoms with Crippen molar-refractivity contribution in [1.29, 1.82) is 0 Å². The minimum atomic E-state index is 0.693. The van der Waals surface area contributed by atoms with Crippen LogP contribution in [0.4, 0.5) is 0 Å². The summed E-state index contributed by atoms with van der Waals surface area (Å²) in [7, 11) is 0. The number of piperidine rings is 1. The lowest BCUT2D eigenvalue weighted by Crippen LogP contribution is -2.39. The van der Waals surface area contributed by atoms with Gasteiger partial charge in [0, 0.05) is 9.61 Å². The third-order valence-corrected chi connectivity index (χ3v) is 4.30. The van der Waals surface area contributed by atoms with Gasteiger partial charge in [-0.3, -0.25) is 0 Å². The maximum absolute atomic E-state index is 3.64. The monoisotopic (exact) mass is 329 g/mol. The van der Waals surface area contributed by atoms with Gasteiger partial charge in [0.1, 0.15) is 0 Å². The van der Waals surface area contributed by atoms with Crippen molar-refractivity contribution in [2.24, 2.45) is 5.92 Å². The van der Waals surface area contributed by atoms with Gasteiger partial charge in [-0.2, -0.15) is 0 Å². The number of rotatable bonds is 3. The van der Waals surface area contributed by atoms with Crippen molar-refractivity contribution in [3.05, 3.63) is 33.4 Å². The molecule has 1 fully saturated rings. The second kappa shape index (κ2) is 6.01. The highest BCUT2D eigenvalue weighted by Crippen LogP contribution is 2.21. The number of benzene rings is 1. The van der Waals surface area contributed by atoms with Crippen LogP contribution in [0.15, 0.2) is 24.3 Å². The third kappa shape index (κ3) is 3.45. The molecule has 1 aromatic rings. The Hall–Kier alpha value is -0.0900. The fraction of sp³-hybridized carbons (Fsp3) is 0.571. The summed E-state index contributed by atoms with van der Waals surface area (Å²) in [6, 6.07) is 9.63. The van der Waals surface area contributed by atoms with Crippen molar-refractivity contribution in [2.45, 2.75) is 38.6 Å². The minimum absolute atomic E-state index is 0.693. The van der Waals surface area contributed by atoms with Crippen LogP contribution in [0.2, 0.25) is 0 Å². The SMILES string of the molecule is CCC1CCNC(Cc2ccc(I)cc2)C1. The van der Waals surface area contributed by atoms with Crippen LogP contribution in [-0.4, -0.2) is 12.6 Å². The van der Waals surface area contributed by atoms with Gasteiger partial charge in [-0.05, 0) is 72.0 Å². The topological polar surface area (TPSA) is 12.0 Å². The molecule has 0 amide bonds. The lowest BCUT2D eigenvalue weighted by atomic mass is 9.88. The maximum atomic E-state index is 3.64. The lowest BCUT2D eigenvalue weighted by Gasteiger charge is -2.29. The summed E-state index contributed by atoms with van der Waals surface area (Å²) in [5, 5.41) is 3.64. The summed E-state index contributed by atoms with van der Waals surface area (Å²) in [5.41, 5.74) is 1.47. The molecule has 16 heavy (non-hydrogen) atoms. The summed E-state index contributed by atoms with van der Waals surface area (Å²) >= 11 is 2.36. The van der Waals surface area contributed by atoms with E-state index in [0.717, 1.165) is 5.92 Å². The van der Waals surface area contributed by atoms with Crippen LogP contribution in [0.3, 0.4) is 0 Å². The molecule has 1 nitrogen and oxygen atoms in total. The van der Waals surface area contributed by atoms with Crippen LogP contribution >= 0.6 is 22.6 Å². The van der Waals surface area contributed by atoms with Crippen LogP contribution in [0.1, 0.15) is 31.7 Å². The first-order valence-electron chi connectivity index (χ1n) is 6.25. The molecule has 1 N–H and O–H groups in total. The second-order valence-electron chi connectivity index (χ2n) is 4.78. The number of nitrogens with one attached hydrogen (secondary N) is 1. The average molecular weight is 329 g/mol. The molecule has 2 heteroatoms. The molecule has 88 valence electrons. The summed E-state index contributed by atoms with van der Waals surface area (Å²) in [6.07, 6.45) is 5.24. The fourth-order valence-corrected chi connectivity index (χ4v) is 2.89. The smallest absolute Gasteiger partial charge is 0.0130 e. The quantitative estimate of drug-likeness (QED) is 0.836. The van der Waals surface area contributed by atoms with Gasteiger partial charge in [0.2, 0.25) is 0 Å². The van der Waals surface area contributed by atoms with E-state index in [1.165, 1.54) is 41.4 Å². The highest BCUT2D eigenvalue weighted by molar-refractivity contribution is 14.1. The van der Waals surface area contributed by atoms with E-state index < -0.39 is 0 Å². The molecule has 0 bridgehead atoms. The van der Waals surface area contributed by atoms with Gasteiger partial charge >= 0.3 is 0 Å². The molecule has 1 aliphatic heterocycles. The summed E-state index contributed by atoms with van der Waals surface area (Å²) in [4.78, 5) is 0. The third-order valence-electron chi connectivity index (χ3n) is 3.58. The van der Waals surface area contributed by atoms with Crippen molar-refractivity contribution in [3.63, 3.8) is 0 Å². The van der Waals surface area contributed by atoms with E-state index in [9.17, 15) is 0 Å². The zero-order valence-corrected chi connectivity index (χ0v) is 12.0. The summed E-state index contributed by atoms with van der Waals surface area (Å²) in [5.74, 6) is 0.940. The first-order valence-corrected chi connectivity index (χ1v) is 7.33. The Morgan fingerprint density at radius 2 is 2.06 bits per heavy atom. The Morgan fingerprint density at radius 3 is 2.75 bits per heavy atom. The van der Waals surface area contributed by atoms with Gasteiger partial charge in [-0.15, -0.1) is 0 Å². The zero-order chi connectivity index (χ0) is 11.4. The second-order valence-corrected chi connectivity index (χ2v) is 6.03. The van der Waals surface area contributed by atoms with E-state index >= 15 is 0 Å². The number of hydrogen-bond donors (Lipinski definition) is 1. The van der Waals surface area contributed by atoms with Crippen LogP contribution in [-0.2, 0) is 6.42 Å². The average Bonchev–Trinajstić information content (AvgIpc) is 2.32. The minimum Gasteiger partial charge on any atom is -0.314 e. The molecular formula is C14H20IN. The van der Waals surface area contributed by atoms with Gasteiger partial charge < -0.3 is 5.32 Å². The molecule has 0 spiro atoms. The van der Waals surface area contributed by atoms with Gasteiger partial charge in [0.05, 0.1) is 0 Å². The first-order chi connectivity index (χ1) is 7.78. The van der Waals surface area contributed by atoms with Gasteiger partial charge in [0.15, 0.2) is 0 Å². The van der Waals surface area contributed by atoms with Crippen molar-refractivity contribution in [3.8, 4) is 0 Å². The van der Waals surface area contributed by atoms with Crippen molar-refractivity contribution in [1.82, 2.24) is 5.32 Å². The summed E-state index contributed by atoms with van der Waals surface area (Å²) in [6.45, 7) is 3.52. The van der Waals surface area contributed by atoms with Crippen molar-refractivity contribution < 1.29 is 0 Å². The molecule has 2 rings (SSSR count). The van der Waals surface area contributed by atoms with E-state index in [1.807, 2.05) is 0 Å². The molecule has 0 saturated carbocycles. The van der Waals surface area contributed by atoms with Crippen LogP contribution in [0.25, 0.3) is 0 Å². The fourth-order valence-electron chi connectivity index (χ4n) is 2.53. The van der Waals surface area contributed by atoms with Gasteiger partial charge in [0.25, 0.3) is 0 Å². The van der Waals surface area contributed by atoms with Gasteiger partial charge in [-0.1, -0.05) is 25.5 Å². The molecule has 2 atom stereocenters. The Bertz CT molecular complexity index is 320. The van der Waals surface area contributed by atoms with Crippen molar-refractivity contribution in [2.75, 3.05) is 6.54 Å². The Labute approximate surface area is 112 Å². The van der Waals surface area contributed by atoms with Crippen LogP contribution in [0.5, 0.6) is 0 Å². The maximum Gasteiger partial charge on any atom is 0.0130 e. The van der Waals surface area contributed by atoms with E-state index in [4.69, 9.17) is 0 Å².